The zero-order chi connectivity index (χ0) is 29.8. The fourth-order valence-corrected chi connectivity index (χ4v) is 4.93. The number of hydrogen-bond acceptors (Lipinski definition) is 8. The molecule has 216 valence electrons. The molecule has 2 aliphatic heterocycles. The molecule has 1 fully saturated rings. The zero-order valence-corrected chi connectivity index (χ0v) is 21.3. The maximum atomic E-state index is 14.5. The lowest BCUT2D eigenvalue weighted by Crippen LogP contribution is -2.44. The molecular weight excluding hydrogens is 566 g/mol. The van der Waals surface area contributed by atoms with E-state index in [9.17, 15) is 31.9 Å². The van der Waals surface area contributed by atoms with Gasteiger partial charge in [0.2, 0.25) is 11.8 Å². The number of nitrogens with two attached hydrogens (primary N) is 1. The van der Waals surface area contributed by atoms with E-state index in [-0.39, 0.29) is 5.69 Å². The number of primary amides is 1. The third-order valence-electron chi connectivity index (χ3n) is 6.81. The van der Waals surface area contributed by atoms with E-state index in [1.54, 1.807) is 24.3 Å². The van der Waals surface area contributed by atoms with E-state index in [2.05, 4.69) is 30.1 Å². The molecule has 0 radical (unpaired) electrons. The monoisotopic (exact) mass is 585 g/mol. The zero-order valence-electron chi connectivity index (χ0n) is 21.3. The van der Waals surface area contributed by atoms with Crippen molar-refractivity contribution in [1.29, 1.82) is 0 Å². The van der Waals surface area contributed by atoms with Crippen molar-refractivity contribution in [3.63, 3.8) is 0 Å². The summed E-state index contributed by atoms with van der Waals surface area (Å²) in [5.41, 5.74) is 6.65. The third-order valence-corrected chi connectivity index (χ3v) is 6.81. The first-order chi connectivity index (χ1) is 20.0. The number of anilines is 1. The molecule has 2 aliphatic rings. The highest BCUT2D eigenvalue weighted by atomic mass is 19.3. The summed E-state index contributed by atoms with van der Waals surface area (Å²) in [4.78, 5) is 39.5. The largest absolute Gasteiger partial charge is 0.586 e. The predicted octanol–water partition coefficient (Wildman–Crippen LogP) is 2.63. The van der Waals surface area contributed by atoms with Crippen molar-refractivity contribution in [3.8, 4) is 22.6 Å². The number of hydrogen-bond donors (Lipinski definition) is 2. The second-order valence-corrected chi connectivity index (χ2v) is 9.56. The molecule has 2 aromatic heterocycles. The molecule has 3 amide bonds. The average Bonchev–Trinajstić information content (AvgIpc) is 3.60. The van der Waals surface area contributed by atoms with E-state index in [4.69, 9.17) is 5.73 Å². The normalized spacial score (nSPS) is 18.8. The summed E-state index contributed by atoms with van der Waals surface area (Å²) >= 11 is 0. The van der Waals surface area contributed by atoms with Crippen LogP contribution in [-0.4, -0.2) is 67.7 Å². The summed E-state index contributed by atoms with van der Waals surface area (Å²) < 4.78 is 65.3. The number of amides is 3. The van der Waals surface area contributed by atoms with E-state index < -0.39 is 78.7 Å². The fourth-order valence-electron chi connectivity index (χ4n) is 4.93. The number of alkyl halides is 3. The van der Waals surface area contributed by atoms with Crippen LogP contribution in [0, 0.1) is 5.82 Å². The summed E-state index contributed by atoms with van der Waals surface area (Å²) in [5.74, 6) is -4.71. The maximum absolute atomic E-state index is 14.5. The molecule has 0 bridgehead atoms. The first kappa shape index (κ1) is 26.9. The highest BCUT2D eigenvalue weighted by molar-refractivity contribution is 6.05. The van der Waals surface area contributed by atoms with Crippen molar-refractivity contribution in [2.24, 2.45) is 5.73 Å². The van der Waals surface area contributed by atoms with Crippen LogP contribution in [-0.2, 0) is 16.1 Å². The molecule has 4 aromatic rings. The van der Waals surface area contributed by atoms with Crippen molar-refractivity contribution in [1.82, 2.24) is 24.9 Å². The van der Waals surface area contributed by atoms with Crippen molar-refractivity contribution < 1.29 is 41.4 Å². The van der Waals surface area contributed by atoms with E-state index in [0.717, 1.165) is 11.0 Å². The summed E-state index contributed by atoms with van der Waals surface area (Å²) in [7, 11) is 0. The second kappa shape index (κ2) is 9.97. The summed E-state index contributed by atoms with van der Waals surface area (Å²) in [6, 6.07) is 6.75. The van der Waals surface area contributed by atoms with Gasteiger partial charge in [-0.3, -0.25) is 19.1 Å². The van der Waals surface area contributed by atoms with E-state index in [1.165, 1.54) is 17.1 Å². The lowest BCUT2D eigenvalue weighted by Gasteiger charge is -2.24. The predicted molar refractivity (Wildman–Crippen MR) is 136 cm³/mol. The Hall–Kier alpha value is -5.28. The van der Waals surface area contributed by atoms with Gasteiger partial charge in [-0.05, 0) is 23.8 Å². The number of carbonyl (C=O) groups is 3. The van der Waals surface area contributed by atoms with Gasteiger partial charge in [0.05, 0.1) is 30.1 Å². The lowest BCUT2D eigenvalue weighted by molar-refractivity contribution is -0.286. The Morgan fingerprint density at radius 2 is 1.83 bits per heavy atom. The standard InChI is InChI=1S/C26H19F4N7O5/c27-14-6-19(25(40)34-17-8-21-20(7-16(17)28)41-26(29,30)42-21)36(10-14)22(38)11-37-18-2-1-12(13-3-4-32-33-9-13)5-15(18)23(35-37)24(31)39/h1-5,7-9,14,19H,6,10-11H2,(H2,31,39)(H,34,40). The average molecular weight is 585 g/mol. The molecule has 3 N–H and O–H groups in total. The number of fused-ring (bicyclic) bond motifs is 2. The molecule has 2 aromatic carbocycles. The van der Waals surface area contributed by atoms with Crippen molar-refractivity contribution in [2.45, 2.75) is 31.5 Å². The summed E-state index contributed by atoms with van der Waals surface area (Å²) in [6.07, 6.45) is -2.95. The Bertz CT molecular complexity index is 1750. The molecular formula is C26H19F4N7O5. The number of aromatic nitrogens is 4. The number of benzene rings is 2. The first-order valence-corrected chi connectivity index (χ1v) is 12.4. The van der Waals surface area contributed by atoms with E-state index in [0.29, 0.717) is 28.1 Å². The van der Waals surface area contributed by atoms with Crippen LogP contribution in [0.2, 0.25) is 0 Å². The minimum absolute atomic E-state index is 0.107. The van der Waals surface area contributed by atoms with Crippen LogP contribution < -0.4 is 20.5 Å². The molecule has 6 rings (SSSR count). The Labute approximate surface area is 233 Å². The van der Waals surface area contributed by atoms with Gasteiger partial charge in [-0.2, -0.15) is 15.3 Å². The van der Waals surface area contributed by atoms with Crippen LogP contribution in [0.15, 0.2) is 48.8 Å². The van der Waals surface area contributed by atoms with E-state index >= 15 is 0 Å². The van der Waals surface area contributed by atoms with Gasteiger partial charge < -0.3 is 25.4 Å². The Balaban J connectivity index is 1.24. The highest BCUT2D eigenvalue weighted by Gasteiger charge is 2.45. The highest BCUT2D eigenvalue weighted by Crippen LogP contribution is 2.43. The lowest BCUT2D eigenvalue weighted by atomic mass is 10.0. The third kappa shape index (κ3) is 4.90. The van der Waals surface area contributed by atoms with Gasteiger partial charge in [-0.1, -0.05) is 6.07 Å². The number of nitrogens with one attached hydrogen (secondary N) is 1. The Morgan fingerprint density at radius 1 is 1.07 bits per heavy atom. The quantitative estimate of drug-likeness (QED) is 0.328. The topological polar surface area (TPSA) is 155 Å². The SMILES string of the molecule is NC(=O)c1nn(CC(=O)N2CC(F)CC2C(=O)Nc2cc3c(cc2F)OC(F)(F)O3)c2ccc(-c3ccnnc3)cc12. The molecule has 0 saturated carbocycles. The molecule has 4 heterocycles. The molecule has 2 atom stereocenters. The smallest absolute Gasteiger partial charge is 0.395 e. The summed E-state index contributed by atoms with van der Waals surface area (Å²) in [6.45, 7) is -0.919. The van der Waals surface area contributed by atoms with Crippen LogP contribution in [0.3, 0.4) is 0 Å². The first-order valence-electron chi connectivity index (χ1n) is 12.4. The van der Waals surface area contributed by atoms with Crippen LogP contribution in [0.1, 0.15) is 16.9 Å². The summed E-state index contributed by atoms with van der Waals surface area (Å²) in [5, 5.41) is 14.3. The van der Waals surface area contributed by atoms with Crippen LogP contribution >= 0.6 is 0 Å². The molecule has 0 spiro atoms. The number of carbonyl (C=O) groups excluding carboxylic acids is 3. The van der Waals surface area contributed by atoms with Crippen LogP contribution in [0.25, 0.3) is 22.0 Å². The van der Waals surface area contributed by atoms with Gasteiger partial charge in [0.15, 0.2) is 23.0 Å². The number of ether oxygens (including phenoxy) is 2. The second-order valence-electron chi connectivity index (χ2n) is 9.56. The Morgan fingerprint density at radius 3 is 2.55 bits per heavy atom. The minimum atomic E-state index is -4.00. The number of nitrogens with zero attached hydrogens (tertiary/aromatic N) is 5. The molecule has 12 nitrogen and oxygen atoms in total. The van der Waals surface area contributed by atoms with Crippen molar-refractivity contribution >= 4 is 34.3 Å². The van der Waals surface area contributed by atoms with Gasteiger partial charge in [-0.25, -0.2) is 8.78 Å². The molecule has 0 aliphatic carbocycles. The van der Waals surface area contributed by atoms with Crippen LogP contribution in [0.5, 0.6) is 11.5 Å². The number of likely N-dealkylation sites (tertiary alicyclic amines) is 1. The van der Waals surface area contributed by atoms with Crippen molar-refractivity contribution in [3.05, 3.63) is 60.3 Å². The van der Waals surface area contributed by atoms with Crippen molar-refractivity contribution in [2.75, 3.05) is 11.9 Å². The minimum Gasteiger partial charge on any atom is -0.395 e. The molecule has 42 heavy (non-hydrogen) atoms. The fraction of sp³-hybridized carbons (Fsp3) is 0.231. The van der Waals surface area contributed by atoms with E-state index in [1.807, 2.05) is 0 Å². The van der Waals surface area contributed by atoms with Gasteiger partial charge in [0.25, 0.3) is 5.91 Å². The van der Waals surface area contributed by atoms with Gasteiger partial charge in [0.1, 0.15) is 18.8 Å². The number of halogens is 4. The molecule has 1 saturated heterocycles. The van der Waals surface area contributed by atoms with Gasteiger partial charge in [0, 0.05) is 29.5 Å². The maximum Gasteiger partial charge on any atom is 0.586 e. The molecule has 16 heteroatoms. The van der Waals surface area contributed by atoms with Gasteiger partial charge >= 0.3 is 6.29 Å². The Kier molecular flexibility index (Phi) is 6.39. The van der Waals surface area contributed by atoms with Gasteiger partial charge in [-0.15, -0.1) is 8.78 Å². The molecule has 2 unspecified atom stereocenters. The number of rotatable bonds is 6. The van der Waals surface area contributed by atoms with Crippen LogP contribution in [0.4, 0.5) is 23.2 Å².